The first-order chi connectivity index (χ1) is 10.7. The predicted octanol–water partition coefficient (Wildman–Crippen LogP) is 4.86. The minimum atomic E-state index is -0.0659. The molecule has 120 valence electrons. The minimum absolute atomic E-state index is 0.0659. The normalized spacial score (nSPS) is 14.4. The van der Waals surface area contributed by atoms with E-state index in [9.17, 15) is 4.79 Å². The van der Waals surface area contributed by atoms with Gasteiger partial charge < -0.3 is 10.1 Å². The number of nitrogens with one attached hydrogen (secondary N) is 1. The Hall–Kier alpha value is -1.29. The SMILES string of the molecule is CCCOc1ccc(Br)cc1C(=O)NCCC1=CCCCC1. The quantitative estimate of drug-likeness (QED) is 0.700. The van der Waals surface area contributed by atoms with Gasteiger partial charge in [-0.25, -0.2) is 0 Å². The summed E-state index contributed by atoms with van der Waals surface area (Å²) in [6, 6.07) is 5.56. The van der Waals surface area contributed by atoms with Gasteiger partial charge in [-0.05, 0) is 56.7 Å². The van der Waals surface area contributed by atoms with Crippen molar-refractivity contribution in [2.75, 3.05) is 13.2 Å². The fourth-order valence-electron chi connectivity index (χ4n) is 2.58. The summed E-state index contributed by atoms with van der Waals surface area (Å²) in [5.74, 6) is 0.586. The maximum absolute atomic E-state index is 12.4. The van der Waals surface area contributed by atoms with Gasteiger partial charge in [0.15, 0.2) is 0 Å². The number of hydrogen-bond acceptors (Lipinski definition) is 2. The molecule has 0 saturated carbocycles. The summed E-state index contributed by atoms with van der Waals surface area (Å²) in [5.41, 5.74) is 2.07. The van der Waals surface area contributed by atoms with Crippen molar-refractivity contribution in [1.29, 1.82) is 0 Å². The maximum Gasteiger partial charge on any atom is 0.255 e. The molecule has 0 unspecified atom stereocenters. The lowest BCUT2D eigenvalue weighted by Crippen LogP contribution is -2.25. The van der Waals surface area contributed by atoms with Gasteiger partial charge in [-0.15, -0.1) is 0 Å². The second-order valence-corrected chi connectivity index (χ2v) is 6.52. The summed E-state index contributed by atoms with van der Waals surface area (Å²) in [6.07, 6.45) is 9.13. The van der Waals surface area contributed by atoms with Crippen LogP contribution in [0.3, 0.4) is 0 Å². The first-order valence-electron chi connectivity index (χ1n) is 8.09. The van der Waals surface area contributed by atoms with Crippen molar-refractivity contribution >= 4 is 21.8 Å². The van der Waals surface area contributed by atoms with E-state index in [0.29, 0.717) is 24.5 Å². The van der Waals surface area contributed by atoms with E-state index < -0.39 is 0 Å². The summed E-state index contributed by atoms with van der Waals surface area (Å²) < 4.78 is 6.55. The number of halogens is 1. The minimum Gasteiger partial charge on any atom is -0.493 e. The smallest absolute Gasteiger partial charge is 0.255 e. The Balaban J connectivity index is 1.93. The van der Waals surface area contributed by atoms with Gasteiger partial charge in [0.1, 0.15) is 5.75 Å². The maximum atomic E-state index is 12.4. The van der Waals surface area contributed by atoms with Gasteiger partial charge >= 0.3 is 0 Å². The molecule has 0 aromatic heterocycles. The molecule has 1 aromatic carbocycles. The zero-order chi connectivity index (χ0) is 15.8. The topological polar surface area (TPSA) is 38.3 Å². The van der Waals surface area contributed by atoms with Crippen LogP contribution < -0.4 is 10.1 Å². The number of allylic oxidation sites excluding steroid dienone is 1. The van der Waals surface area contributed by atoms with Crippen LogP contribution in [0.25, 0.3) is 0 Å². The third-order valence-corrected chi connectivity index (χ3v) is 4.26. The molecule has 1 amide bonds. The van der Waals surface area contributed by atoms with Crippen molar-refractivity contribution in [3.05, 3.63) is 39.9 Å². The van der Waals surface area contributed by atoms with E-state index in [1.165, 1.54) is 31.3 Å². The number of amides is 1. The van der Waals surface area contributed by atoms with E-state index >= 15 is 0 Å². The molecule has 3 nitrogen and oxygen atoms in total. The molecule has 1 aliphatic carbocycles. The van der Waals surface area contributed by atoms with Crippen molar-refractivity contribution < 1.29 is 9.53 Å². The van der Waals surface area contributed by atoms with E-state index in [1.54, 1.807) is 0 Å². The summed E-state index contributed by atoms with van der Waals surface area (Å²) in [5, 5.41) is 3.01. The number of carbonyl (C=O) groups is 1. The van der Waals surface area contributed by atoms with Crippen molar-refractivity contribution in [2.45, 2.75) is 45.4 Å². The zero-order valence-electron chi connectivity index (χ0n) is 13.2. The third-order valence-electron chi connectivity index (χ3n) is 3.76. The third kappa shape index (κ3) is 5.16. The summed E-state index contributed by atoms with van der Waals surface area (Å²) in [7, 11) is 0. The van der Waals surface area contributed by atoms with Crippen molar-refractivity contribution in [2.24, 2.45) is 0 Å². The van der Waals surface area contributed by atoms with Crippen LogP contribution in [0.15, 0.2) is 34.3 Å². The van der Waals surface area contributed by atoms with Crippen LogP contribution in [-0.2, 0) is 0 Å². The van der Waals surface area contributed by atoms with E-state index in [-0.39, 0.29) is 5.91 Å². The monoisotopic (exact) mass is 365 g/mol. The van der Waals surface area contributed by atoms with E-state index in [0.717, 1.165) is 17.3 Å². The highest BCUT2D eigenvalue weighted by Gasteiger charge is 2.13. The summed E-state index contributed by atoms with van der Waals surface area (Å²) in [4.78, 5) is 12.4. The molecular weight excluding hydrogens is 342 g/mol. The molecule has 2 rings (SSSR count). The molecule has 0 fully saturated rings. The Kier molecular flexibility index (Phi) is 6.97. The fraction of sp³-hybridized carbons (Fsp3) is 0.500. The van der Waals surface area contributed by atoms with Gasteiger partial charge in [-0.1, -0.05) is 34.5 Å². The van der Waals surface area contributed by atoms with Crippen molar-refractivity contribution in [1.82, 2.24) is 5.32 Å². The average molecular weight is 366 g/mol. The summed E-state index contributed by atoms with van der Waals surface area (Å²) >= 11 is 3.42. The Morgan fingerprint density at radius 2 is 2.23 bits per heavy atom. The number of rotatable bonds is 7. The molecule has 0 bridgehead atoms. The standard InChI is InChI=1S/C18H24BrNO2/c1-2-12-22-17-9-8-15(19)13-16(17)18(21)20-11-10-14-6-4-3-5-7-14/h6,8-9,13H,2-5,7,10-12H2,1H3,(H,20,21). The van der Waals surface area contributed by atoms with Gasteiger partial charge in [-0.2, -0.15) is 0 Å². The summed E-state index contributed by atoms with van der Waals surface area (Å²) in [6.45, 7) is 3.36. The van der Waals surface area contributed by atoms with Gasteiger partial charge in [0.25, 0.3) is 5.91 Å². The van der Waals surface area contributed by atoms with Gasteiger partial charge in [0.2, 0.25) is 0 Å². The van der Waals surface area contributed by atoms with Crippen LogP contribution in [0.2, 0.25) is 0 Å². The first-order valence-corrected chi connectivity index (χ1v) is 8.88. The van der Waals surface area contributed by atoms with Crippen LogP contribution in [0.5, 0.6) is 5.75 Å². The highest BCUT2D eigenvalue weighted by molar-refractivity contribution is 9.10. The van der Waals surface area contributed by atoms with E-state index in [1.807, 2.05) is 18.2 Å². The van der Waals surface area contributed by atoms with Crippen LogP contribution in [0.4, 0.5) is 0 Å². The average Bonchev–Trinajstić information content (AvgIpc) is 2.54. The Bertz CT molecular complexity index is 540. The van der Waals surface area contributed by atoms with E-state index in [4.69, 9.17) is 4.74 Å². The van der Waals surface area contributed by atoms with E-state index in [2.05, 4.69) is 34.2 Å². The number of ether oxygens (including phenoxy) is 1. The van der Waals surface area contributed by atoms with Gasteiger partial charge in [0.05, 0.1) is 12.2 Å². The van der Waals surface area contributed by atoms with Crippen LogP contribution >= 0.6 is 15.9 Å². The second-order valence-electron chi connectivity index (χ2n) is 5.60. The molecule has 0 aliphatic heterocycles. The molecule has 4 heteroatoms. The molecule has 0 heterocycles. The highest BCUT2D eigenvalue weighted by Crippen LogP contribution is 2.24. The second kappa shape index (κ2) is 8.99. The number of benzene rings is 1. The molecule has 22 heavy (non-hydrogen) atoms. The lowest BCUT2D eigenvalue weighted by atomic mass is 9.97. The van der Waals surface area contributed by atoms with Crippen LogP contribution in [0, 0.1) is 0 Å². The molecule has 1 aromatic rings. The lowest BCUT2D eigenvalue weighted by molar-refractivity contribution is 0.0950. The van der Waals surface area contributed by atoms with Crippen molar-refractivity contribution in [3.8, 4) is 5.75 Å². The molecule has 1 N–H and O–H groups in total. The van der Waals surface area contributed by atoms with Crippen molar-refractivity contribution in [3.63, 3.8) is 0 Å². The molecule has 0 atom stereocenters. The van der Waals surface area contributed by atoms with Gasteiger partial charge in [0, 0.05) is 11.0 Å². The molecule has 1 aliphatic rings. The highest BCUT2D eigenvalue weighted by atomic mass is 79.9. The predicted molar refractivity (Wildman–Crippen MR) is 93.4 cm³/mol. The Morgan fingerprint density at radius 1 is 1.36 bits per heavy atom. The fourth-order valence-corrected chi connectivity index (χ4v) is 2.94. The number of hydrogen-bond donors (Lipinski definition) is 1. The molecule has 0 radical (unpaired) electrons. The molecular formula is C18H24BrNO2. The van der Waals surface area contributed by atoms with Crippen LogP contribution in [0.1, 0.15) is 55.8 Å². The lowest BCUT2D eigenvalue weighted by Gasteiger charge is -2.14. The van der Waals surface area contributed by atoms with Crippen LogP contribution in [-0.4, -0.2) is 19.1 Å². The number of carbonyl (C=O) groups excluding carboxylic acids is 1. The van der Waals surface area contributed by atoms with Gasteiger partial charge in [-0.3, -0.25) is 4.79 Å². The Morgan fingerprint density at radius 3 is 2.95 bits per heavy atom. The molecule has 0 saturated heterocycles. The largest absolute Gasteiger partial charge is 0.493 e. The zero-order valence-corrected chi connectivity index (χ0v) is 14.7. The Labute approximate surface area is 141 Å². The molecule has 0 spiro atoms. The first kappa shape index (κ1) is 17.1.